The summed E-state index contributed by atoms with van der Waals surface area (Å²) in [6.45, 7) is 5.18. The highest BCUT2D eigenvalue weighted by atomic mass is 16.5. The summed E-state index contributed by atoms with van der Waals surface area (Å²) in [7, 11) is 4.08. The van der Waals surface area contributed by atoms with Gasteiger partial charge in [0.05, 0.1) is 13.2 Å². The van der Waals surface area contributed by atoms with Gasteiger partial charge in [0.1, 0.15) is 12.1 Å². The molecule has 6 nitrogen and oxygen atoms in total. The molecule has 0 saturated heterocycles. The Kier molecular flexibility index (Phi) is 4.70. The van der Waals surface area contributed by atoms with Gasteiger partial charge in [-0.25, -0.2) is 4.98 Å². The van der Waals surface area contributed by atoms with Crippen LogP contribution in [0, 0.1) is 6.92 Å². The van der Waals surface area contributed by atoms with E-state index in [1.807, 2.05) is 27.1 Å². The minimum Gasteiger partial charge on any atom is -0.378 e. The third-order valence-electron chi connectivity index (χ3n) is 2.76. The Bertz CT molecular complexity index is 523. The number of ether oxygens (including phenoxy) is 1. The Hall–Kier alpha value is -1.66. The first kappa shape index (κ1) is 13.8. The quantitative estimate of drug-likeness (QED) is 0.756. The number of hydrogen-bond donors (Lipinski definition) is 1. The van der Waals surface area contributed by atoms with Crippen molar-refractivity contribution in [2.24, 2.45) is 0 Å². The zero-order chi connectivity index (χ0) is 13.7. The number of pyridine rings is 1. The van der Waals surface area contributed by atoms with E-state index in [0.717, 1.165) is 36.7 Å². The Balaban J connectivity index is 1.83. The minimum atomic E-state index is 0.679. The minimum absolute atomic E-state index is 0.679. The summed E-state index contributed by atoms with van der Waals surface area (Å²) in [6.07, 6.45) is 1.56. The van der Waals surface area contributed by atoms with E-state index in [0.29, 0.717) is 6.61 Å². The number of rotatable bonds is 7. The Morgan fingerprint density at radius 1 is 1.32 bits per heavy atom. The topological polar surface area (TPSA) is 54.7 Å². The Morgan fingerprint density at radius 3 is 2.95 bits per heavy atom. The normalized spacial score (nSPS) is 11.4. The number of aromatic nitrogens is 3. The van der Waals surface area contributed by atoms with E-state index in [9.17, 15) is 0 Å². The average molecular weight is 263 g/mol. The van der Waals surface area contributed by atoms with Gasteiger partial charge in [0.2, 0.25) is 0 Å². The Morgan fingerprint density at radius 2 is 2.16 bits per heavy atom. The van der Waals surface area contributed by atoms with Crippen molar-refractivity contribution in [2.45, 2.75) is 6.92 Å². The maximum atomic E-state index is 5.54. The summed E-state index contributed by atoms with van der Waals surface area (Å²) in [5.74, 6) is 0.948. The highest BCUT2D eigenvalue weighted by Gasteiger charge is 2.03. The van der Waals surface area contributed by atoms with Crippen molar-refractivity contribution in [1.29, 1.82) is 0 Å². The van der Waals surface area contributed by atoms with Crippen LogP contribution in [0.3, 0.4) is 0 Å². The summed E-state index contributed by atoms with van der Waals surface area (Å²) < 4.78 is 7.34. The Labute approximate surface area is 113 Å². The predicted octanol–water partition coefficient (Wildman–Crippen LogP) is 1.03. The van der Waals surface area contributed by atoms with E-state index in [2.05, 4.69) is 26.4 Å². The van der Waals surface area contributed by atoms with Crippen LogP contribution in [-0.2, 0) is 4.74 Å². The second kappa shape index (κ2) is 6.49. The summed E-state index contributed by atoms with van der Waals surface area (Å²) in [5, 5.41) is 7.52. The maximum absolute atomic E-state index is 5.54. The third-order valence-corrected chi connectivity index (χ3v) is 2.76. The van der Waals surface area contributed by atoms with E-state index in [1.54, 1.807) is 10.8 Å². The third kappa shape index (κ3) is 3.90. The lowest BCUT2D eigenvalue weighted by Gasteiger charge is -2.11. The number of hydrogen-bond acceptors (Lipinski definition) is 5. The molecule has 6 heteroatoms. The van der Waals surface area contributed by atoms with Crippen LogP contribution < -0.4 is 5.32 Å². The molecule has 2 heterocycles. The fourth-order valence-corrected chi connectivity index (χ4v) is 1.78. The van der Waals surface area contributed by atoms with Crippen molar-refractivity contribution >= 4 is 11.5 Å². The fourth-order valence-electron chi connectivity index (χ4n) is 1.78. The van der Waals surface area contributed by atoms with Crippen molar-refractivity contribution in [1.82, 2.24) is 19.5 Å². The average Bonchev–Trinajstić information content (AvgIpc) is 2.80. The zero-order valence-corrected chi connectivity index (χ0v) is 11.8. The number of anilines is 1. The molecular formula is C13H21N5O. The molecule has 0 unspecified atom stereocenters. The lowest BCUT2D eigenvalue weighted by atomic mass is 10.3. The van der Waals surface area contributed by atoms with Gasteiger partial charge in [-0.1, -0.05) is 0 Å². The molecule has 0 aliphatic carbocycles. The highest BCUT2D eigenvalue weighted by Crippen LogP contribution is 2.12. The van der Waals surface area contributed by atoms with E-state index in [-0.39, 0.29) is 0 Å². The molecule has 2 rings (SSSR count). The van der Waals surface area contributed by atoms with Gasteiger partial charge in [-0.2, -0.15) is 9.61 Å². The van der Waals surface area contributed by atoms with Crippen molar-refractivity contribution in [2.75, 3.05) is 45.7 Å². The van der Waals surface area contributed by atoms with Crippen LogP contribution in [0.1, 0.15) is 5.56 Å². The molecule has 0 aliphatic heterocycles. The van der Waals surface area contributed by atoms with Crippen molar-refractivity contribution in [3.63, 3.8) is 0 Å². The van der Waals surface area contributed by atoms with Gasteiger partial charge in [0, 0.05) is 13.1 Å². The lowest BCUT2D eigenvalue weighted by Crippen LogP contribution is -2.20. The van der Waals surface area contributed by atoms with Crippen LogP contribution in [0.5, 0.6) is 0 Å². The fraction of sp³-hybridized carbons (Fsp3) is 0.538. The first-order valence-electron chi connectivity index (χ1n) is 6.43. The highest BCUT2D eigenvalue weighted by molar-refractivity contribution is 5.51. The summed E-state index contributed by atoms with van der Waals surface area (Å²) >= 11 is 0. The molecule has 0 aliphatic rings. The molecule has 0 amide bonds. The first-order chi connectivity index (χ1) is 9.16. The van der Waals surface area contributed by atoms with E-state index < -0.39 is 0 Å². The second-order valence-electron chi connectivity index (χ2n) is 4.79. The molecule has 2 aromatic heterocycles. The molecule has 1 N–H and O–H groups in total. The predicted molar refractivity (Wildman–Crippen MR) is 75.6 cm³/mol. The number of fused-ring (bicyclic) bond motifs is 1. The molecule has 0 bridgehead atoms. The van der Waals surface area contributed by atoms with Crippen molar-refractivity contribution in [3.05, 3.63) is 24.0 Å². The number of nitrogens with zero attached hydrogens (tertiary/aromatic N) is 4. The van der Waals surface area contributed by atoms with Gasteiger partial charge in [0.25, 0.3) is 0 Å². The van der Waals surface area contributed by atoms with Crippen LogP contribution in [0.25, 0.3) is 5.65 Å². The van der Waals surface area contributed by atoms with Gasteiger partial charge in [-0.3, -0.25) is 0 Å². The van der Waals surface area contributed by atoms with Crippen LogP contribution >= 0.6 is 0 Å². The zero-order valence-electron chi connectivity index (χ0n) is 11.8. The van der Waals surface area contributed by atoms with Gasteiger partial charge >= 0.3 is 0 Å². The number of likely N-dealkylation sites (N-methyl/N-ethyl adjacent to an activating group) is 1. The first-order valence-corrected chi connectivity index (χ1v) is 6.43. The van der Waals surface area contributed by atoms with Gasteiger partial charge in [-0.05, 0) is 38.7 Å². The molecule has 2 aromatic rings. The summed E-state index contributed by atoms with van der Waals surface area (Å²) in [5.41, 5.74) is 2.02. The molecule has 0 radical (unpaired) electrons. The van der Waals surface area contributed by atoms with Gasteiger partial charge in [-0.15, -0.1) is 0 Å². The molecule has 0 atom stereocenters. The summed E-state index contributed by atoms with van der Waals surface area (Å²) in [6, 6.07) is 4.06. The van der Waals surface area contributed by atoms with Gasteiger partial charge < -0.3 is 15.0 Å². The molecule has 0 fully saturated rings. The standard InChI is InChI=1S/C13H21N5O/c1-11-8-12(18-13(9-11)15-10-16-18)14-4-6-19-7-5-17(2)3/h8-10,14H,4-7H2,1-3H3. The van der Waals surface area contributed by atoms with Crippen LogP contribution in [0.4, 0.5) is 5.82 Å². The molecule has 0 saturated carbocycles. The maximum Gasteiger partial charge on any atom is 0.157 e. The van der Waals surface area contributed by atoms with Crippen LogP contribution in [-0.4, -0.2) is 59.9 Å². The largest absolute Gasteiger partial charge is 0.378 e. The molecular weight excluding hydrogens is 242 g/mol. The molecule has 0 spiro atoms. The van der Waals surface area contributed by atoms with E-state index >= 15 is 0 Å². The smallest absolute Gasteiger partial charge is 0.157 e. The van der Waals surface area contributed by atoms with Crippen LogP contribution in [0.2, 0.25) is 0 Å². The molecule has 104 valence electrons. The van der Waals surface area contributed by atoms with Crippen LogP contribution in [0.15, 0.2) is 18.5 Å². The number of aryl methyl sites for hydroxylation is 1. The molecule has 19 heavy (non-hydrogen) atoms. The van der Waals surface area contributed by atoms with Gasteiger partial charge in [0.15, 0.2) is 5.65 Å². The van der Waals surface area contributed by atoms with Crippen molar-refractivity contribution in [3.8, 4) is 0 Å². The SMILES string of the molecule is Cc1cc(NCCOCCN(C)C)n2ncnc2c1. The van der Waals surface area contributed by atoms with Crippen molar-refractivity contribution < 1.29 is 4.74 Å². The lowest BCUT2D eigenvalue weighted by molar-refractivity contribution is 0.126. The van der Waals surface area contributed by atoms with E-state index in [4.69, 9.17) is 4.74 Å². The number of nitrogens with one attached hydrogen (secondary N) is 1. The molecule has 0 aromatic carbocycles. The summed E-state index contributed by atoms with van der Waals surface area (Å²) in [4.78, 5) is 6.30. The van der Waals surface area contributed by atoms with E-state index in [1.165, 1.54) is 0 Å². The second-order valence-corrected chi connectivity index (χ2v) is 4.79. The monoisotopic (exact) mass is 263 g/mol.